The van der Waals surface area contributed by atoms with Gasteiger partial charge in [-0.2, -0.15) is 23.5 Å². The Labute approximate surface area is 149 Å². The number of hydrogen-bond donors (Lipinski definition) is 0. The second kappa shape index (κ2) is 7.81. The van der Waals surface area contributed by atoms with Gasteiger partial charge in [0.2, 0.25) is 0 Å². The number of rotatable bonds is 8. The molecule has 0 heterocycles. The molecule has 0 nitrogen and oxygen atoms in total. The molecule has 0 atom stereocenters. The van der Waals surface area contributed by atoms with Gasteiger partial charge in [-0.1, -0.05) is 62.4 Å². The van der Waals surface area contributed by atoms with Gasteiger partial charge in [0.05, 0.1) is 0 Å². The SMILES string of the molecule is CCCSCC1(CSCCC)c2ccccc2-c2ccccc21. The number of benzene rings is 2. The van der Waals surface area contributed by atoms with Gasteiger partial charge >= 0.3 is 0 Å². The van der Waals surface area contributed by atoms with E-state index in [-0.39, 0.29) is 5.41 Å². The Kier molecular flexibility index (Phi) is 5.76. The average molecular weight is 343 g/mol. The number of fused-ring (bicyclic) bond motifs is 3. The topological polar surface area (TPSA) is 0 Å². The Morgan fingerprint density at radius 2 is 1.13 bits per heavy atom. The molecule has 0 saturated carbocycles. The molecule has 3 rings (SSSR count). The second-order valence-corrected chi connectivity index (χ2v) is 8.49. The van der Waals surface area contributed by atoms with Crippen molar-refractivity contribution in [3.8, 4) is 11.1 Å². The van der Waals surface area contributed by atoms with Crippen LogP contribution in [0, 0.1) is 0 Å². The van der Waals surface area contributed by atoms with Crippen molar-refractivity contribution in [1.29, 1.82) is 0 Å². The molecule has 0 amide bonds. The van der Waals surface area contributed by atoms with E-state index in [4.69, 9.17) is 0 Å². The van der Waals surface area contributed by atoms with Crippen molar-refractivity contribution >= 4 is 23.5 Å². The van der Waals surface area contributed by atoms with Crippen LogP contribution < -0.4 is 0 Å². The molecule has 2 heteroatoms. The molecule has 0 radical (unpaired) electrons. The maximum absolute atomic E-state index is 2.37. The van der Waals surface area contributed by atoms with Crippen LogP contribution in [0.4, 0.5) is 0 Å². The van der Waals surface area contributed by atoms with Crippen molar-refractivity contribution in [3.63, 3.8) is 0 Å². The van der Waals surface area contributed by atoms with E-state index in [0.29, 0.717) is 0 Å². The molecule has 2 aromatic rings. The van der Waals surface area contributed by atoms with Crippen molar-refractivity contribution in [2.75, 3.05) is 23.0 Å². The summed E-state index contributed by atoms with van der Waals surface area (Å²) in [6.07, 6.45) is 2.51. The second-order valence-electron chi connectivity index (χ2n) is 6.28. The van der Waals surface area contributed by atoms with E-state index in [9.17, 15) is 0 Å². The van der Waals surface area contributed by atoms with Crippen LogP contribution in [0.3, 0.4) is 0 Å². The summed E-state index contributed by atoms with van der Waals surface area (Å²) in [5, 5.41) is 0. The van der Waals surface area contributed by atoms with Crippen LogP contribution in [-0.2, 0) is 5.41 Å². The summed E-state index contributed by atoms with van der Waals surface area (Å²) in [5.41, 5.74) is 6.20. The van der Waals surface area contributed by atoms with Crippen LogP contribution in [0.5, 0.6) is 0 Å². The van der Waals surface area contributed by atoms with E-state index in [1.807, 2.05) is 0 Å². The molecule has 122 valence electrons. The smallest absolute Gasteiger partial charge is 0.0395 e. The van der Waals surface area contributed by atoms with Crippen LogP contribution >= 0.6 is 23.5 Å². The number of hydrogen-bond acceptors (Lipinski definition) is 2. The van der Waals surface area contributed by atoms with Gasteiger partial charge in [-0.25, -0.2) is 0 Å². The number of thioether (sulfide) groups is 2. The third kappa shape index (κ3) is 3.21. The van der Waals surface area contributed by atoms with Crippen molar-refractivity contribution in [2.24, 2.45) is 0 Å². The van der Waals surface area contributed by atoms with Crippen molar-refractivity contribution in [3.05, 3.63) is 59.7 Å². The fraction of sp³-hybridized carbons (Fsp3) is 0.429. The summed E-state index contributed by atoms with van der Waals surface area (Å²) >= 11 is 4.24. The molecular weight excluding hydrogens is 316 g/mol. The van der Waals surface area contributed by atoms with E-state index < -0.39 is 0 Å². The highest BCUT2D eigenvalue weighted by atomic mass is 32.2. The lowest BCUT2D eigenvalue weighted by Crippen LogP contribution is -2.31. The Bertz CT molecular complexity index is 590. The quantitative estimate of drug-likeness (QED) is 0.521. The average Bonchev–Trinajstić information content (AvgIpc) is 2.87. The lowest BCUT2D eigenvalue weighted by atomic mass is 9.82. The summed E-state index contributed by atoms with van der Waals surface area (Å²) in [5.74, 6) is 4.91. The summed E-state index contributed by atoms with van der Waals surface area (Å²) in [6.45, 7) is 4.56. The van der Waals surface area contributed by atoms with Crippen LogP contribution in [0.2, 0.25) is 0 Å². The summed E-state index contributed by atoms with van der Waals surface area (Å²) in [7, 11) is 0. The van der Waals surface area contributed by atoms with Crippen LogP contribution in [-0.4, -0.2) is 23.0 Å². The summed E-state index contributed by atoms with van der Waals surface area (Å²) in [4.78, 5) is 0. The maximum Gasteiger partial charge on any atom is 0.0395 e. The van der Waals surface area contributed by atoms with Gasteiger partial charge in [0.25, 0.3) is 0 Å². The van der Waals surface area contributed by atoms with Crippen molar-refractivity contribution in [2.45, 2.75) is 32.1 Å². The van der Waals surface area contributed by atoms with Gasteiger partial charge in [0.15, 0.2) is 0 Å². The third-order valence-corrected chi connectivity index (χ3v) is 7.36. The van der Waals surface area contributed by atoms with Crippen LogP contribution in [0.1, 0.15) is 37.8 Å². The zero-order valence-electron chi connectivity index (χ0n) is 14.2. The molecule has 0 spiro atoms. The Morgan fingerprint density at radius 1 is 0.696 bits per heavy atom. The van der Waals surface area contributed by atoms with E-state index in [1.54, 1.807) is 11.1 Å². The van der Waals surface area contributed by atoms with E-state index in [1.165, 1.54) is 47.0 Å². The zero-order chi connectivity index (χ0) is 16.1. The Hall–Kier alpha value is -0.860. The van der Waals surface area contributed by atoms with Crippen molar-refractivity contribution in [1.82, 2.24) is 0 Å². The highest BCUT2D eigenvalue weighted by molar-refractivity contribution is 8.00. The highest BCUT2D eigenvalue weighted by Gasteiger charge is 2.42. The first-order valence-electron chi connectivity index (χ1n) is 8.68. The third-order valence-electron chi connectivity index (χ3n) is 4.57. The van der Waals surface area contributed by atoms with Gasteiger partial charge in [-0.15, -0.1) is 0 Å². The molecule has 0 unspecified atom stereocenters. The molecule has 0 bridgehead atoms. The molecular formula is C21H26S2. The maximum atomic E-state index is 2.37. The Balaban J connectivity index is 2.05. The first kappa shape index (κ1) is 17.0. The molecule has 0 saturated heterocycles. The first-order chi connectivity index (χ1) is 11.3. The fourth-order valence-electron chi connectivity index (χ4n) is 3.55. The largest absolute Gasteiger partial charge is 0.161 e. The molecule has 1 aliphatic carbocycles. The van der Waals surface area contributed by atoms with Gasteiger partial charge in [0, 0.05) is 16.9 Å². The molecule has 1 aliphatic rings. The fourth-order valence-corrected chi connectivity index (χ4v) is 6.07. The predicted octanol–water partition coefficient (Wildman–Crippen LogP) is 6.24. The van der Waals surface area contributed by atoms with E-state index >= 15 is 0 Å². The minimum atomic E-state index is 0.187. The van der Waals surface area contributed by atoms with E-state index in [2.05, 4.69) is 85.9 Å². The normalized spacial score (nSPS) is 14.5. The lowest BCUT2D eigenvalue weighted by Gasteiger charge is -2.31. The van der Waals surface area contributed by atoms with Crippen molar-refractivity contribution < 1.29 is 0 Å². The molecule has 0 aliphatic heterocycles. The first-order valence-corrected chi connectivity index (χ1v) is 11.0. The summed E-state index contributed by atoms with van der Waals surface area (Å²) < 4.78 is 0. The lowest BCUT2D eigenvalue weighted by molar-refractivity contribution is 0.685. The minimum absolute atomic E-state index is 0.187. The van der Waals surface area contributed by atoms with Gasteiger partial charge in [-0.05, 0) is 46.6 Å². The zero-order valence-corrected chi connectivity index (χ0v) is 15.8. The monoisotopic (exact) mass is 342 g/mol. The van der Waals surface area contributed by atoms with Crippen LogP contribution in [0.25, 0.3) is 11.1 Å². The van der Waals surface area contributed by atoms with Gasteiger partial charge in [0.1, 0.15) is 0 Å². The minimum Gasteiger partial charge on any atom is -0.161 e. The van der Waals surface area contributed by atoms with Crippen LogP contribution in [0.15, 0.2) is 48.5 Å². The van der Waals surface area contributed by atoms with Gasteiger partial charge < -0.3 is 0 Å². The predicted molar refractivity (Wildman–Crippen MR) is 108 cm³/mol. The van der Waals surface area contributed by atoms with Gasteiger partial charge in [-0.3, -0.25) is 0 Å². The summed E-state index contributed by atoms with van der Waals surface area (Å²) in [6, 6.07) is 18.2. The highest BCUT2D eigenvalue weighted by Crippen LogP contribution is 2.51. The molecule has 0 N–H and O–H groups in total. The standard InChI is InChI=1S/C21H26S2/c1-3-13-22-15-21(16-23-14-4-2)19-11-7-5-9-17(19)18-10-6-8-12-20(18)21/h5-12H,3-4,13-16H2,1-2H3. The molecule has 0 aromatic heterocycles. The Morgan fingerprint density at radius 3 is 1.57 bits per heavy atom. The molecule has 0 fully saturated rings. The van der Waals surface area contributed by atoms with E-state index in [0.717, 1.165) is 0 Å². The molecule has 2 aromatic carbocycles. The molecule has 23 heavy (non-hydrogen) atoms.